The lowest BCUT2D eigenvalue weighted by Gasteiger charge is -2.10. The summed E-state index contributed by atoms with van der Waals surface area (Å²) in [6.07, 6.45) is -0.552. The van der Waals surface area contributed by atoms with E-state index in [9.17, 15) is 9.90 Å². The van der Waals surface area contributed by atoms with Crippen molar-refractivity contribution in [3.05, 3.63) is 36.0 Å². The van der Waals surface area contributed by atoms with Crippen LogP contribution in [0, 0.1) is 6.92 Å². The number of para-hydroxylation sites is 2. The van der Waals surface area contributed by atoms with E-state index in [4.69, 9.17) is 4.74 Å². The summed E-state index contributed by atoms with van der Waals surface area (Å²) in [5.41, 5.74) is 2.40. The van der Waals surface area contributed by atoms with Crippen molar-refractivity contribution in [3.63, 3.8) is 0 Å². The first-order chi connectivity index (χ1) is 11.6. The van der Waals surface area contributed by atoms with Crippen LogP contribution in [-0.4, -0.2) is 43.7 Å². The van der Waals surface area contributed by atoms with Gasteiger partial charge in [0.15, 0.2) is 0 Å². The third-order valence-electron chi connectivity index (χ3n) is 3.48. The van der Waals surface area contributed by atoms with Gasteiger partial charge in [0.2, 0.25) is 5.95 Å². The first kappa shape index (κ1) is 16.0. The lowest BCUT2D eigenvalue weighted by molar-refractivity contribution is 0.167. The van der Waals surface area contributed by atoms with E-state index in [0.29, 0.717) is 18.3 Å². The first-order valence-electron chi connectivity index (χ1n) is 7.71. The SMILES string of the molecule is CCOC(=O)Nc1cc(C)nn1-c1nc2ccccc2n1CCO. The Morgan fingerprint density at radius 2 is 2.17 bits per heavy atom. The number of imidazole rings is 1. The molecule has 126 valence electrons. The summed E-state index contributed by atoms with van der Waals surface area (Å²) in [6.45, 7) is 4.18. The van der Waals surface area contributed by atoms with Gasteiger partial charge in [-0.3, -0.25) is 5.32 Å². The highest BCUT2D eigenvalue weighted by molar-refractivity contribution is 5.84. The molecule has 0 fully saturated rings. The zero-order valence-corrected chi connectivity index (χ0v) is 13.6. The van der Waals surface area contributed by atoms with Gasteiger partial charge in [0.05, 0.1) is 29.9 Å². The lowest BCUT2D eigenvalue weighted by atomic mass is 10.3. The molecule has 3 rings (SSSR count). The molecule has 8 heteroatoms. The van der Waals surface area contributed by atoms with E-state index in [1.165, 1.54) is 0 Å². The number of anilines is 1. The molecule has 0 saturated carbocycles. The summed E-state index contributed by atoms with van der Waals surface area (Å²) < 4.78 is 8.33. The highest BCUT2D eigenvalue weighted by atomic mass is 16.5. The third-order valence-corrected chi connectivity index (χ3v) is 3.48. The zero-order valence-electron chi connectivity index (χ0n) is 13.6. The third kappa shape index (κ3) is 2.95. The lowest BCUT2D eigenvalue weighted by Crippen LogP contribution is -2.18. The number of aliphatic hydroxyl groups is 1. The van der Waals surface area contributed by atoms with Crippen molar-refractivity contribution in [2.75, 3.05) is 18.5 Å². The quantitative estimate of drug-likeness (QED) is 0.747. The van der Waals surface area contributed by atoms with Crippen LogP contribution in [0.25, 0.3) is 17.0 Å². The van der Waals surface area contributed by atoms with Crippen LogP contribution >= 0.6 is 0 Å². The molecule has 0 unspecified atom stereocenters. The van der Waals surface area contributed by atoms with Gasteiger partial charge in [-0.2, -0.15) is 9.78 Å². The molecule has 0 saturated heterocycles. The molecule has 0 aliphatic heterocycles. The Morgan fingerprint density at radius 3 is 2.92 bits per heavy atom. The second kappa shape index (κ2) is 6.71. The second-order valence-corrected chi connectivity index (χ2v) is 5.20. The maximum atomic E-state index is 11.7. The molecule has 2 aromatic heterocycles. The Labute approximate surface area is 138 Å². The Kier molecular flexibility index (Phi) is 4.48. The van der Waals surface area contributed by atoms with Gasteiger partial charge in [-0.15, -0.1) is 0 Å². The van der Waals surface area contributed by atoms with Gasteiger partial charge in [0.1, 0.15) is 5.82 Å². The fraction of sp³-hybridized carbons (Fsp3) is 0.312. The van der Waals surface area contributed by atoms with Crippen molar-refractivity contribution < 1.29 is 14.6 Å². The van der Waals surface area contributed by atoms with Gasteiger partial charge in [-0.1, -0.05) is 12.1 Å². The molecule has 0 spiro atoms. The van der Waals surface area contributed by atoms with Crippen molar-refractivity contribution in [1.29, 1.82) is 0 Å². The number of hydrogen-bond donors (Lipinski definition) is 2. The molecule has 24 heavy (non-hydrogen) atoms. The number of hydrogen-bond acceptors (Lipinski definition) is 5. The largest absolute Gasteiger partial charge is 0.450 e. The van der Waals surface area contributed by atoms with Crippen molar-refractivity contribution in [1.82, 2.24) is 19.3 Å². The number of nitrogens with one attached hydrogen (secondary N) is 1. The molecule has 3 aromatic rings. The molecular weight excluding hydrogens is 310 g/mol. The van der Waals surface area contributed by atoms with Crippen LogP contribution in [0.3, 0.4) is 0 Å². The highest BCUT2D eigenvalue weighted by Gasteiger charge is 2.18. The number of carbonyl (C=O) groups excluding carboxylic acids is 1. The van der Waals surface area contributed by atoms with Gasteiger partial charge < -0.3 is 14.4 Å². The maximum absolute atomic E-state index is 11.7. The molecule has 1 aromatic carbocycles. The van der Waals surface area contributed by atoms with Crippen molar-refractivity contribution >= 4 is 22.9 Å². The number of benzene rings is 1. The van der Waals surface area contributed by atoms with Crippen LogP contribution < -0.4 is 5.32 Å². The molecule has 0 bridgehead atoms. The Hall–Kier alpha value is -2.87. The fourth-order valence-corrected chi connectivity index (χ4v) is 2.56. The van der Waals surface area contributed by atoms with E-state index < -0.39 is 6.09 Å². The molecular formula is C16H19N5O3. The van der Waals surface area contributed by atoms with Gasteiger partial charge in [-0.25, -0.2) is 9.78 Å². The van der Waals surface area contributed by atoms with Crippen LogP contribution in [0.5, 0.6) is 0 Å². The van der Waals surface area contributed by atoms with Crippen molar-refractivity contribution in [2.24, 2.45) is 0 Å². The van der Waals surface area contributed by atoms with Gasteiger partial charge >= 0.3 is 6.09 Å². The molecule has 0 radical (unpaired) electrons. The highest BCUT2D eigenvalue weighted by Crippen LogP contribution is 2.22. The number of ether oxygens (including phenoxy) is 1. The predicted octanol–water partition coefficient (Wildman–Crippen LogP) is 2.09. The molecule has 8 nitrogen and oxygen atoms in total. The van der Waals surface area contributed by atoms with E-state index in [1.807, 2.05) is 35.8 Å². The van der Waals surface area contributed by atoms with Gasteiger partial charge in [0, 0.05) is 12.6 Å². The number of aromatic nitrogens is 4. The normalized spacial score (nSPS) is 11.0. The average molecular weight is 329 g/mol. The Bertz CT molecular complexity index is 868. The topological polar surface area (TPSA) is 94.2 Å². The van der Waals surface area contributed by atoms with Gasteiger partial charge in [-0.05, 0) is 26.0 Å². The summed E-state index contributed by atoms with van der Waals surface area (Å²) >= 11 is 0. The van der Waals surface area contributed by atoms with Gasteiger partial charge in [0.25, 0.3) is 0 Å². The number of amides is 1. The first-order valence-corrected chi connectivity index (χ1v) is 7.71. The Balaban J connectivity index is 2.10. The molecule has 0 atom stereocenters. The molecule has 0 aliphatic rings. The minimum absolute atomic E-state index is 0.0335. The van der Waals surface area contributed by atoms with Crippen molar-refractivity contribution in [3.8, 4) is 5.95 Å². The molecule has 1 amide bonds. The summed E-state index contributed by atoms with van der Waals surface area (Å²) in [7, 11) is 0. The summed E-state index contributed by atoms with van der Waals surface area (Å²) in [4.78, 5) is 16.3. The summed E-state index contributed by atoms with van der Waals surface area (Å²) in [5.74, 6) is 0.977. The molecule has 0 aliphatic carbocycles. The molecule has 2 heterocycles. The van der Waals surface area contributed by atoms with Crippen molar-refractivity contribution in [2.45, 2.75) is 20.4 Å². The minimum atomic E-state index is -0.552. The van der Waals surface area contributed by atoms with E-state index >= 15 is 0 Å². The van der Waals surface area contributed by atoms with Crippen LogP contribution in [0.2, 0.25) is 0 Å². The number of aryl methyl sites for hydroxylation is 1. The van der Waals surface area contributed by atoms with E-state index in [-0.39, 0.29) is 13.2 Å². The summed E-state index contributed by atoms with van der Waals surface area (Å²) in [5, 5.41) is 16.5. The average Bonchev–Trinajstić information content (AvgIpc) is 3.09. The number of nitrogens with zero attached hydrogens (tertiary/aromatic N) is 4. The standard InChI is InChI=1S/C16H19N5O3/c1-3-24-16(23)18-14-10-11(2)19-21(14)15-17-12-6-4-5-7-13(12)20(15)8-9-22/h4-7,10,22H,3,8-9H2,1-2H3,(H,18,23). The fourth-order valence-electron chi connectivity index (χ4n) is 2.56. The monoisotopic (exact) mass is 329 g/mol. The molecule has 2 N–H and O–H groups in total. The minimum Gasteiger partial charge on any atom is -0.450 e. The number of rotatable bonds is 5. The zero-order chi connectivity index (χ0) is 17.1. The number of aliphatic hydroxyl groups excluding tert-OH is 1. The van der Waals surface area contributed by atoms with E-state index in [2.05, 4.69) is 15.4 Å². The second-order valence-electron chi connectivity index (χ2n) is 5.20. The number of carbonyl (C=O) groups is 1. The van der Waals surface area contributed by atoms with Crippen LogP contribution in [0.4, 0.5) is 10.6 Å². The van der Waals surface area contributed by atoms with E-state index in [1.54, 1.807) is 17.7 Å². The van der Waals surface area contributed by atoms with Crippen LogP contribution in [0.1, 0.15) is 12.6 Å². The summed E-state index contributed by atoms with van der Waals surface area (Å²) in [6, 6.07) is 9.36. The maximum Gasteiger partial charge on any atom is 0.412 e. The smallest absolute Gasteiger partial charge is 0.412 e. The predicted molar refractivity (Wildman–Crippen MR) is 89.3 cm³/mol. The van der Waals surface area contributed by atoms with E-state index in [0.717, 1.165) is 16.7 Å². The van der Waals surface area contributed by atoms with Crippen LogP contribution in [-0.2, 0) is 11.3 Å². The number of fused-ring (bicyclic) bond motifs is 1. The Morgan fingerprint density at radius 1 is 1.38 bits per heavy atom. The van der Waals surface area contributed by atoms with Crippen LogP contribution in [0.15, 0.2) is 30.3 Å².